The molecule has 0 unspecified atom stereocenters. The van der Waals surface area contributed by atoms with Crippen LogP contribution in [0.15, 0.2) is 30.3 Å². The van der Waals surface area contributed by atoms with Crippen molar-refractivity contribution in [3.63, 3.8) is 0 Å². The van der Waals surface area contributed by atoms with Gasteiger partial charge in [0.2, 0.25) is 0 Å². The van der Waals surface area contributed by atoms with E-state index in [-0.39, 0.29) is 0 Å². The molecule has 3 nitrogen and oxygen atoms in total. The average Bonchev–Trinajstić information content (AvgIpc) is 3.25. The van der Waals surface area contributed by atoms with Gasteiger partial charge in [-0.3, -0.25) is 0 Å². The molecule has 0 bridgehead atoms. The molecular formula is C17H26N2O. The molecule has 3 heteroatoms. The summed E-state index contributed by atoms with van der Waals surface area (Å²) in [5.41, 5.74) is 1.28. The Hall–Kier alpha value is -0.900. The van der Waals surface area contributed by atoms with Crippen LogP contribution in [0.25, 0.3) is 0 Å². The fourth-order valence-electron chi connectivity index (χ4n) is 2.72. The van der Waals surface area contributed by atoms with E-state index >= 15 is 0 Å². The van der Waals surface area contributed by atoms with Gasteiger partial charge < -0.3 is 15.4 Å². The topological polar surface area (TPSA) is 33.3 Å². The molecular weight excluding hydrogens is 248 g/mol. The predicted octanol–water partition coefficient (Wildman–Crippen LogP) is 2.32. The number of benzene rings is 1. The molecule has 1 aromatic rings. The van der Waals surface area contributed by atoms with E-state index in [0.29, 0.717) is 6.10 Å². The Labute approximate surface area is 122 Å². The summed E-state index contributed by atoms with van der Waals surface area (Å²) in [5, 5.41) is 7.07. The maximum Gasteiger partial charge on any atom is 0.0720 e. The lowest BCUT2D eigenvalue weighted by Gasteiger charge is -2.35. The summed E-state index contributed by atoms with van der Waals surface area (Å²) in [4.78, 5) is 0. The van der Waals surface area contributed by atoms with Gasteiger partial charge in [-0.05, 0) is 43.7 Å². The van der Waals surface area contributed by atoms with Crippen LogP contribution in [0.3, 0.4) is 0 Å². The Morgan fingerprint density at radius 1 is 1.05 bits per heavy atom. The number of nitrogens with one attached hydrogen (secondary N) is 2. The standard InChI is InChI=1S/C17H26N2O/c1-2-4-14(5-3-1)13-20-17-10-15(11-17)12-18-8-9-19-16-6-7-16/h1-5,15-19H,6-13H2. The first kappa shape index (κ1) is 14.1. The number of hydrogen-bond donors (Lipinski definition) is 2. The average molecular weight is 274 g/mol. The molecule has 0 radical (unpaired) electrons. The van der Waals surface area contributed by atoms with Crippen molar-refractivity contribution in [2.24, 2.45) is 5.92 Å². The molecule has 0 spiro atoms. The minimum absolute atomic E-state index is 0.478. The molecule has 110 valence electrons. The van der Waals surface area contributed by atoms with Crippen molar-refractivity contribution in [2.45, 2.75) is 44.4 Å². The third-order valence-corrected chi connectivity index (χ3v) is 4.27. The molecule has 1 aromatic carbocycles. The quantitative estimate of drug-likeness (QED) is 0.678. The summed E-state index contributed by atoms with van der Waals surface area (Å²) in [6.45, 7) is 4.13. The summed E-state index contributed by atoms with van der Waals surface area (Å²) in [6.07, 6.45) is 5.67. The minimum atomic E-state index is 0.478. The van der Waals surface area contributed by atoms with Gasteiger partial charge in [-0.2, -0.15) is 0 Å². The van der Waals surface area contributed by atoms with Crippen molar-refractivity contribution < 1.29 is 4.74 Å². The van der Waals surface area contributed by atoms with E-state index in [1.54, 1.807) is 0 Å². The molecule has 0 aliphatic heterocycles. The summed E-state index contributed by atoms with van der Waals surface area (Å²) < 4.78 is 5.92. The smallest absolute Gasteiger partial charge is 0.0720 e. The van der Waals surface area contributed by atoms with Gasteiger partial charge in [0.05, 0.1) is 12.7 Å². The van der Waals surface area contributed by atoms with Gasteiger partial charge in [-0.1, -0.05) is 30.3 Å². The molecule has 2 fully saturated rings. The van der Waals surface area contributed by atoms with Gasteiger partial charge in [0, 0.05) is 19.1 Å². The molecule has 3 rings (SSSR count). The largest absolute Gasteiger partial charge is 0.374 e. The van der Waals surface area contributed by atoms with Crippen LogP contribution in [0, 0.1) is 5.92 Å². The van der Waals surface area contributed by atoms with E-state index in [2.05, 4.69) is 34.9 Å². The SMILES string of the molecule is c1ccc(COC2CC(CNCCNC3CC3)C2)cc1. The van der Waals surface area contributed by atoms with Crippen molar-refractivity contribution in [3.8, 4) is 0 Å². The Balaban J connectivity index is 1.18. The molecule has 20 heavy (non-hydrogen) atoms. The maximum atomic E-state index is 5.92. The molecule has 0 saturated heterocycles. The van der Waals surface area contributed by atoms with Crippen molar-refractivity contribution in [1.29, 1.82) is 0 Å². The predicted molar refractivity (Wildman–Crippen MR) is 81.6 cm³/mol. The number of ether oxygens (including phenoxy) is 1. The first-order valence-corrected chi connectivity index (χ1v) is 8.00. The molecule has 2 aliphatic rings. The Kier molecular flexibility index (Phi) is 5.06. The van der Waals surface area contributed by atoms with Crippen molar-refractivity contribution in [2.75, 3.05) is 19.6 Å². The fourth-order valence-corrected chi connectivity index (χ4v) is 2.72. The number of rotatable bonds is 9. The molecule has 2 N–H and O–H groups in total. The van der Waals surface area contributed by atoms with Gasteiger partial charge in [0.15, 0.2) is 0 Å². The Morgan fingerprint density at radius 3 is 2.60 bits per heavy atom. The Bertz CT molecular complexity index is 385. The highest BCUT2D eigenvalue weighted by molar-refractivity contribution is 5.13. The van der Waals surface area contributed by atoms with Crippen molar-refractivity contribution >= 4 is 0 Å². The third kappa shape index (κ3) is 4.58. The van der Waals surface area contributed by atoms with Crippen molar-refractivity contribution in [3.05, 3.63) is 35.9 Å². The summed E-state index contributed by atoms with van der Waals surface area (Å²) in [6, 6.07) is 11.3. The van der Waals surface area contributed by atoms with E-state index in [0.717, 1.165) is 38.2 Å². The molecule has 0 aromatic heterocycles. The van der Waals surface area contributed by atoms with E-state index in [9.17, 15) is 0 Å². The zero-order chi connectivity index (χ0) is 13.6. The van der Waals surface area contributed by atoms with Crippen LogP contribution in [-0.2, 0) is 11.3 Å². The van der Waals surface area contributed by atoms with Crippen LogP contribution in [0.4, 0.5) is 0 Å². The lowest BCUT2D eigenvalue weighted by Crippen LogP contribution is -2.39. The molecule has 0 atom stereocenters. The normalized spacial score (nSPS) is 25.4. The first-order chi connectivity index (χ1) is 9.90. The van der Waals surface area contributed by atoms with Gasteiger partial charge in [0.25, 0.3) is 0 Å². The maximum absolute atomic E-state index is 5.92. The van der Waals surface area contributed by atoms with E-state index in [4.69, 9.17) is 4.74 Å². The van der Waals surface area contributed by atoms with Gasteiger partial charge >= 0.3 is 0 Å². The minimum Gasteiger partial charge on any atom is -0.374 e. The first-order valence-electron chi connectivity index (χ1n) is 8.00. The van der Waals surface area contributed by atoms with Gasteiger partial charge in [-0.25, -0.2) is 0 Å². The zero-order valence-corrected chi connectivity index (χ0v) is 12.2. The monoisotopic (exact) mass is 274 g/mol. The van der Waals surface area contributed by atoms with Crippen LogP contribution in [0.1, 0.15) is 31.2 Å². The Morgan fingerprint density at radius 2 is 1.85 bits per heavy atom. The highest BCUT2D eigenvalue weighted by atomic mass is 16.5. The summed E-state index contributed by atoms with van der Waals surface area (Å²) in [7, 11) is 0. The highest BCUT2D eigenvalue weighted by Gasteiger charge is 2.29. The van der Waals surface area contributed by atoms with Crippen LogP contribution in [0.5, 0.6) is 0 Å². The summed E-state index contributed by atoms with van der Waals surface area (Å²) >= 11 is 0. The molecule has 2 aliphatic carbocycles. The molecule has 0 amide bonds. The van der Waals surface area contributed by atoms with Crippen LogP contribution >= 0.6 is 0 Å². The van der Waals surface area contributed by atoms with Crippen molar-refractivity contribution in [1.82, 2.24) is 10.6 Å². The van der Waals surface area contributed by atoms with E-state index in [1.165, 1.54) is 31.2 Å². The van der Waals surface area contributed by atoms with Gasteiger partial charge in [-0.15, -0.1) is 0 Å². The van der Waals surface area contributed by atoms with Crippen LogP contribution in [0.2, 0.25) is 0 Å². The fraction of sp³-hybridized carbons (Fsp3) is 0.647. The van der Waals surface area contributed by atoms with Crippen LogP contribution < -0.4 is 10.6 Å². The van der Waals surface area contributed by atoms with E-state index in [1.807, 2.05) is 6.07 Å². The van der Waals surface area contributed by atoms with Crippen LogP contribution in [-0.4, -0.2) is 31.8 Å². The second kappa shape index (κ2) is 7.21. The summed E-state index contributed by atoms with van der Waals surface area (Å²) in [5.74, 6) is 0.816. The van der Waals surface area contributed by atoms with E-state index < -0.39 is 0 Å². The third-order valence-electron chi connectivity index (χ3n) is 4.27. The molecule has 0 heterocycles. The van der Waals surface area contributed by atoms with Gasteiger partial charge in [0.1, 0.15) is 0 Å². The second-order valence-electron chi connectivity index (χ2n) is 6.19. The second-order valence-corrected chi connectivity index (χ2v) is 6.19. The highest BCUT2D eigenvalue weighted by Crippen LogP contribution is 2.30. The number of hydrogen-bond acceptors (Lipinski definition) is 3. The zero-order valence-electron chi connectivity index (χ0n) is 12.2. The lowest BCUT2D eigenvalue weighted by atomic mass is 9.82. The molecule has 2 saturated carbocycles. The lowest BCUT2D eigenvalue weighted by molar-refractivity contribution is -0.0394.